The van der Waals surface area contributed by atoms with E-state index in [2.05, 4.69) is 39.1 Å². The van der Waals surface area contributed by atoms with Crippen LogP contribution in [0.2, 0.25) is 0 Å². The Morgan fingerprint density at radius 2 is 1.96 bits per heavy atom. The number of hydrogen-bond donors (Lipinski definition) is 1. The molecule has 0 aliphatic carbocycles. The third kappa shape index (κ3) is 4.09. The van der Waals surface area contributed by atoms with E-state index < -0.39 is 0 Å². The number of aryl methyl sites for hydroxylation is 1. The lowest BCUT2D eigenvalue weighted by atomic mass is 10.3. The molecule has 9 heteroatoms. The number of morpholine rings is 1. The fourth-order valence-electron chi connectivity index (χ4n) is 3.59. The van der Waals surface area contributed by atoms with Gasteiger partial charge in [0.1, 0.15) is 18.0 Å². The van der Waals surface area contributed by atoms with Gasteiger partial charge in [-0.25, -0.2) is 9.97 Å². The topological polar surface area (TPSA) is 88.4 Å². The maximum absolute atomic E-state index is 12.8. The molecule has 1 amide bonds. The normalized spacial score (nSPS) is 17.4. The van der Waals surface area contributed by atoms with E-state index in [-0.39, 0.29) is 5.91 Å². The number of carbonyl (C=O) groups is 1. The summed E-state index contributed by atoms with van der Waals surface area (Å²) in [5.74, 6) is 1.69. The zero-order valence-electron chi connectivity index (χ0n) is 16.5. The summed E-state index contributed by atoms with van der Waals surface area (Å²) in [7, 11) is 0. The first-order valence-corrected chi connectivity index (χ1v) is 9.87. The van der Waals surface area contributed by atoms with Gasteiger partial charge in [0.25, 0.3) is 5.91 Å². The van der Waals surface area contributed by atoms with Crippen molar-refractivity contribution in [2.24, 2.45) is 0 Å². The largest absolute Gasteiger partial charge is 0.378 e. The summed E-state index contributed by atoms with van der Waals surface area (Å²) in [6.45, 7) is 8.94. The molecule has 150 valence electrons. The van der Waals surface area contributed by atoms with Gasteiger partial charge in [-0.3, -0.25) is 9.48 Å². The molecular formula is C19H27N7O2. The van der Waals surface area contributed by atoms with Gasteiger partial charge in [-0.05, 0) is 26.3 Å². The molecule has 28 heavy (non-hydrogen) atoms. The molecule has 4 rings (SSSR count). The van der Waals surface area contributed by atoms with E-state index in [1.807, 2.05) is 21.7 Å². The molecule has 9 nitrogen and oxygen atoms in total. The molecule has 0 saturated carbocycles. The first-order chi connectivity index (χ1) is 13.6. The number of aromatic nitrogens is 4. The smallest absolute Gasteiger partial charge is 0.274 e. The van der Waals surface area contributed by atoms with Crippen LogP contribution in [0.25, 0.3) is 0 Å². The minimum Gasteiger partial charge on any atom is -0.378 e. The van der Waals surface area contributed by atoms with Gasteiger partial charge in [0.15, 0.2) is 5.69 Å². The highest BCUT2D eigenvalue weighted by Crippen LogP contribution is 2.21. The summed E-state index contributed by atoms with van der Waals surface area (Å²) < 4.78 is 7.30. The van der Waals surface area contributed by atoms with Crippen LogP contribution in [0.1, 0.15) is 36.5 Å². The second kappa shape index (κ2) is 8.14. The molecule has 1 fully saturated rings. The molecule has 0 aromatic carbocycles. The van der Waals surface area contributed by atoms with E-state index in [0.717, 1.165) is 36.8 Å². The van der Waals surface area contributed by atoms with E-state index in [9.17, 15) is 4.79 Å². The Labute approximate surface area is 164 Å². The number of rotatable bonds is 4. The van der Waals surface area contributed by atoms with Crippen molar-refractivity contribution in [2.75, 3.05) is 43.1 Å². The summed E-state index contributed by atoms with van der Waals surface area (Å²) in [6.07, 6.45) is 2.53. The molecule has 2 aliphatic heterocycles. The van der Waals surface area contributed by atoms with E-state index in [0.29, 0.717) is 44.6 Å². The highest BCUT2D eigenvalue weighted by molar-refractivity contribution is 5.92. The molecule has 2 aliphatic rings. The van der Waals surface area contributed by atoms with Crippen molar-refractivity contribution in [3.63, 3.8) is 0 Å². The van der Waals surface area contributed by atoms with Crippen molar-refractivity contribution in [3.8, 4) is 0 Å². The number of amides is 1. The van der Waals surface area contributed by atoms with E-state index in [4.69, 9.17) is 4.74 Å². The maximum atomic E-state index is 12.8. The van der Waals surface area contributed by atoms with Crippen LogP contribution in [0, 0.1) is 0 Å². The fraction of sp³-hybridized carbons (Fsp3) is 0.579. The van der Waals surface area contributed by atoms with E-state index >= 15 is 0 Å². The molecule has 0 unspecified atom stereocenters. The predicted octanol–water partition coefficient (Wildman–Crippen LogP) is 1.38. The lowest BCUT2D eigenvalue weighted by molar-refractivity contribution is 0.0298. The van der Waals surface area contributed by atoms with Gasteiger partial charge in [-0.15, -0.1) is 0 Å². The van der Waals surface area contributed by atoms with Gasteiger partial charge in [0, 0.05) is 38.3 Å². The predicted molar refractivity (Wildman–Crippen MR) is 105 cm³/mol. The highest BCUT2D eigenvalue weighted by atomic mass is 16.5. The monoisotopic (exact) mass is 385 g/mol. The number of ether oxygens (including phenoxy) is 1. The summed E-state index contributed by atoms with van der Waals surface area (Å²) in [5.41, 5.74) is 1.55. The van der Waals surface area contributed by atoms with E-state index in [1.54, 1.807) is 6.33 Å². The zero-order chi connectivity index (χ0) is 19.5. The van der Waals surface area contributed by atoms with Crippen LogP contribution >= 0.6 is 0 Å². The van der Waals surface area contributed by atoms with Crippen LogP contribution in [0.3, 0.4) is 0 Å². The Morgan fingerprint density at radius 3 is 2.75 bits per heavy atom. The lowest BCUT2D eigenvalue weighted by Crippen LogP contribution is -2.40. The molecule has 0 atom stereocenters. The van der Waals surface area contributed by atoms with Crippen LogP contribution in [0.4, 0.5) is 11.6 Å². The van der Waals surface area contributed by atoms with Crippen molar-refractivity contribution < 1.29 is 9.53 Å². The van der Waals surface area contributed by atoms with Gasteiger partial charge >= 0.3 is 0 Å². The van der Waals surface area contributed by atoms with Crippen LogP contribution in [-0.2, 0) is 17.8 Å². The first kappa shape index (κ1) is 18.7. The molecule has 4 heterocycles. The first-order valence-electron chi connectivity index (χ1n) is 9.87. The number of nitrogens with zero attached hydrogens (tertiary/aromatic N) is 6. The molecular weight excluding hydrogens is 358 g/mol. The molecule has 2 aromatic heterocycles. The SMILES string of the molecule is CC(C)Nc1cc(N2CCCn3nc(C(=O)N4CCOCC4)cc3C2)ncn1. The summed E-state index contributed by atoms with van der Waals surface area (Å²) in [5, 5.41) is 7.90. The maximum Gasteiger partial charge on any atom is 0.274 e. The number of hydrogen-bond acceptors (Lipinski definition) is 7. The molecule has 0 radical (unpaired) electrons. The third-order valence-electron chi connectivity index (χ3n) is 4.94. The Kier molecular flexibility index (Phi) is 5.43. The van der Waals surface area contributed by atoms with Crippen molar-refractivity contribution in [1.29, 1.82) is 0 Å². The molecule has 0 bridgehead atoms. The quantitative estimate of drug-likeness (QED) is 0.850. The van der Waals surface area contributed by atoms with Crippen LogP contribution in [-0.4, -0.2) is 69.4 Å². The summed E-state index contributed by atoms with van der Waals surface area (Å²) in [6, 6.07) is 4.21. The Balaban J connectivity index is 1.52. The van der Waals surface area contributed by atoms with Crippen molar-refractivity contribution >= 4 is 17.5 Å². The number of carbonyl (C=O) groups excluding carboxylic acids is 1. The Hall–Kier alpha value is -2.68. The summed E-state index contributed by atoms with van der Waals surface area (Å²) >= 11 is 0. The van der Waals surface area contributed by atoms with Crippen molar-refractivity contribution in [1.82, 2.24) is 24.6 Å². The van der Waals surface area contributed by atoms with Gasteiger partial charge in [-0.1, -0.05) is 0 Å². The molecule has 1 N–H and O–H groups in total. The molecule has 0 spiro atoms. The van der Waals surface area contributed by atoms with Gasteiger partial charge < -0.3 is 19.9 Å². The van der Waals surface area contributed by atoms with Crippen LogP contribution in [0.5, 0.6) is 0 Å². The van der Waals surface area contributed by atoms with Crippen LogP contribution in [0.15, 0.2) is 18.5 Å². The number of anilines is 2. The average molecular weight is 385 g/mol. The van der Waals surface area contributed by atoms with Crippen molar-refractivity contribution in [2.45, 2.75) is 39.4 Å². The average Bonchev–Trinajstić information content (AvgIpc) is 2.99. The number of nitrogens with one attached hydrogen (secondary N) is 1. The molecule has 1 saturated heterocycles. The second-order valence-electron chi connectivity index (χ2n) is 7.48. The highest BCUT2D eigenvalue weighted by Gasteiger charge is 2.24. The second-order valence-corrected chi connectivity index (χ2v) is 7.48. The minimum absolute atomic E-state index is 0.0131. The minimum atomic E-state index is -0.0131. The Morgan fingerprint density at radius 1 is 1.14 bits per heavy atom. The van der Waals surface area contributed by atoms with Crippen molar-refractivity contribution in [3.05, 3.63) is 29.8 Å². The van der Waals surface area contributed by atoms with E-state index in [1.165, 1.54) is 0 Å². The van der Waals surface area contributed by atoms with Gasteiger partial charge in [-0.2, -0.15) is 5.10 Å². The van der Waals surface area contributed by atoms with Crippen LogP contribution < -0.4 is 10.2 Å². The Bertz CT molecular complexity index is 829. The zero-order valence-corrected chi connectivity index (χ0v) is 16.5. The fourth-order valence-corrected chi connectivity index (χ4v) is 3.59. The number of fused-ring (bicyclic) bond motifs is 1. The van der Waals surface area contributed by atoms with Gasteiger partial charge in [0.2, 0.25) is 0 Å². The third-order valence-corrected chi connectivity index (χ3v) is 4.94. The lowest BCUT2D eigenvalue weighted by Gasteiger charge is -2.26. The summed E-state index contributed by atoms with van der Waals surface area (Å²) in [4.78, 5) is 25.5. The molecule has 2 aromatic rings. The standard InChI is InChI=1S/C19H27N7O2/c1-14(2)22-17-11-18(21-13-20-17)25-4-3-5-26-15(12-25)10-16(23-26)19(27)24-6-8-28-9-7-24/h10-11,13-14H,3-9,12H2,1-2H3,(H,20,21,22). The van der Waals surface area contributed by atoms with Gasteiger partial charge in [0.05, 0.1) is 25.5 Å².